The summed E-state index contributed by atoms with van der Waals surface area (Å²) in [6.07, 6.45) is 0. The summed E-state index contributed by atoms with van der Waals surface area (Å²) in [5.41, 5.74) is 0.391. The fraction of sp³-hybridized carbons (Fsp3) is 0.263. The summed E-state index contributed by atoms with van der Waals surface area (Å²) in [4.78, 5) is 38.6. The zero-order valence-electron chi connectivity index (χ0n) is 15.3. The molecule has 1 aliphatic heterocycles. The second kappa shape index (κ2) is 8.97. The van der Waals surface area contributed by atoms with Gasteiger partial charge in [0.25, 0.3) is 11.6 Å². The number of amides is 2. The Morgan fingerprint density at radius 2 is 1.76 bits per heavy atom. The molecule has 0 aliphatic carbocycles. The van der Waals surface area contributed by atoms with Gasteiger partial charge < -0.3 is 10.2 Å². The highest BCUT2D eigenvalue weighted by Crippen LogP contribution is 2.24. The van der Waals surface area contributed by atoms with E-state index >= 15 is 0 Å². The van der Waals surface area contributed by atoms with Gasteiger partial charge in [-0.05, 0) is 30.3 Å². The molecule has 0 bridgehead atoms. The van der Waals surface area contributed by atoms with Crippen LogP contribution < -0.4 is 5.32 Å². The molecule has 2 amide bonds. The summed E-state index contributed by atoms with van der Waals surface area (Å²) in [5.74, 6) is -1.00. The molecule has 1 fully saturated rings. The van der Waals surface area contributed by atoms with E-state index in [1.54, 1.807) is 4.90 Å². The highest BCUT2D eigenvalue weighted by atomic mass is 35.5. The number of anilines is 1. The lowest BCUT2D eigenvalue weighted by atomic mass is 10.1. The molecule has 1 aliphatic rings. The van der Waals surface area contributed by atoms with Gasteiger partial charge in [0.05, 0.1) is 22.1 Å². The van der Waals surface area contributed by atoms with Gasteiger partial charge in [-0.25, -0.2) is 4.39 Å². The number of nitro benzene ring substituents is 1. The number of rotatable bonds is 5. The van der Waals surface area contributed by atoms with Gasteiger partial charge in [0.15, 0.2) is 0 Å². The number of carbonyl (C=O) groups excluding carboxylic acids is 2. The van der Waals surface area contributed by atoms with E-state index in [4.69, 9.17) is 11.6 Å². The Bertz CT molecular complexity index is 930. The Morgan fingerprint density at radius 3 is 2.38 bits per heavy atom. The molecule has 29 heavy (non-hydrogen) atoms. The third-order valence-corrected chi connectivity index (χ3v) is 4.88. The first-order valence-corrected chi connectivity index (χ1v) is 9.22. The summed E-state index contributed by atoms with van der Waals surface area (Å²) in [5, 5.41) is 13.8. The van der Waals surface area contributed by atoms with E-state index in [-0.39, 0.29) is 40.4 Å². The minimum absolute atomic E-state index is 0.0865. The van der Waals surface area contributed by atoms with E-state index in [2.05, 4.69) is 5.32 Å². The highest BCUT2D eigenvalue weighted by Gasteiger charge is 2.26. The molecular weight excluding hydrogens is 403 g/mol. The first-order chi connectivity index (χ1) is 13.8. The maximum absolute atomic E-state index is 12.9. The van der Waals surface area contributed by atoms with Crippen molar-refractivity contribution in [3.63, 3.8) is 0 Å². The maximum atomic E-state index is 12.9. The van der Waals surface area contributed by atoms with Crippen LogP contribution in [0.3, 0.4) is 0 Å². The molecule has 3 rings (SSSR count). The molecule has 2 aromatic carbocycles. The van der Waals surface area contributed by atoms with E-state index < -0.39 is 4.92 Å². The van der Waals surface area contributed by atoms with E-state index in [1.807, 2.05) is 4.90 Å². The lowest BCUT2D eigenvalue weighted by Crippen LogP contribution is -2.50. The molecule has 0 spiro atoms. The Morgan fingerprint density at radius 1 is 1.10 bits per heavy atom. The minimum Gasteiger partial charge on any atom is -0.336 e. The number of piperazine rings is 1. The molecule has 0 saturated carbocycles. The minimum atomic E-state index is -0.579. The molecule has 1 heterocycles. The average Bonchev–Trinajstić information content (AvgIpc) is 2.70. The largest absolute Gasteiger partial charge is 0.336 e. The Balaban J connectivity index is 1.54. The van der Waals surface area contributed by atoms with Gasteiger partial charge in [-0.2, -0.15) is 0 Å². The number of hydrogen-bond donors (Lipinski definition) is 1. The maximum Gasteiger partial charge on any atom is 0.270 e. The van der Waals surface area contributed by atoms with Crippen LogP contribution in [-0.2, 0) is 4.79 Å². The Kier molecular flexibility index (Phi) is 6.40. The number of nitrogens with zero attached hydrogens (tertiary/aromatic N) is 3. The van der Waals surface area contributed by atoms with Crippen molar-refractivity contribution in [2.75, 3.05) is 38.0 Å². The Labute approximate surface area is 171 Å². The van der Waals surface area contributed by atoms with Crippen molar-refractivity contribution >= 4 is 34.8 Å². The van der Waals surface area contributed by atoms with E-state index in [0.29, 0.717) is 31.9 Å². The Hall–Kier alpha value is -3.04. The number of halogens is 2. The molecule has 2 aromatic rings. The molecule has 0 radical (unpaired) electrons. The number of non-ortho nitro benzene ring substituents is 1. The van der Waals surface area contributed by atoms with Crippen LogP contribution in [-0.4, -0.2) is 59.3 Å². The smallest absolute Gasteiger partial charge is 0.270 e. The van der Waals surface area contributed by atoms with E-state index in [1.165, 1.54) is 42.5 Å². The van der Waals surface area contributed by atoms with Crippen molar-refractivity contribution in [3.05, 3.63) is 69.0 Å². The second-order valence-electron chi connectivity index (χ2n) is 6.54. The first-order valence-electron chi connectivity index (χ1n) is 8.84. The summed E-state index contributed by atoms with van der Waals surface area (Å²) < 4.78 is 12.9. The fourth-order valence-electron chi connectivity index (χ4n) is 3.01. The molecule has 10 heteroatoms. The van der Waals surface area contributed by atoms with Gasteiger partial charge in [0.1, 0.15) is 5.82 Å². The zero-order valence-corrected chi connectivity index (χ0v) is 16.1. The predicted octanol–water partition coefficient (Wildman–Crippen LogP) is 2.78. The zero-order chi connectivity index (χ0) is 21.0. The molecule has 152 valence electrons. The number of hydrogen-bond acceptors (Lipinski definition) is 5. The van der Waals surface area contributed by atoms with Gasteiger partial charge in [0.2, 0.25) is 5.91 Å². The lowest BCUT2D eigenvalue weighted by Gasteiger charge is -2.34. The van der Waals surface area contributed by atoms with Crippen LogP contribution in [0, 0.1) is 15.9 Å². The number of nitrogens with one attached hydrogen (secondary N) is 1. The van der Waals surface area contributed by atoms with Gasteiger partial charge in [-0.15, -0.1) is 0 Å². The quantitative estimate of drug-likeness (QED) is 0.592. The van der Waals surface area contributed by atoms with Crippen LogP contribution in [0.4, 0.5) is 15.8 Å². The highest BCUT2D eigenvalue weighted by molar-refractivity contribution is 6.33. The van der Waals surface area contributed by atoms with Crippen LogP contribution in [0.1, 0.15) is 10.4 Å². The van der Waals surface area contributed by atoms with Crippen LogP contribution in [0.15, 0.2) is 42.5 Å². The summed E-state index contributed by atoms with van der Waals surface area (Å²) in [6, 6.07) is 9.24. The molecule has 1 N–H and O–H groups in total. The third-order valence-electron chi connectivity index (χ3n) is 4.55. The molecule has 0 atom stereocenters. The number of benzene rings is 2. The van der Waals surface area contributed by atoms with Gasteiger partial charge in [-0.3, -0.25) is 24.6 Å². The fourth-order valence-corrected chi connectivity index (χ4v) is 3.21. The standard InChI is InChI=1S/C19H18ClFN4O4/c20-17-6-5-15(25(28)29)11-16(17)19(27)24-9-7-23(8-10-24)12-18(26)22-14-3-1-13(21)2-4-14/h1-6,11H,7-10,12H2,(H,22,26). The number of nitro groups is 1. The second-order valence-corrected chi connectivity index (χ2v) is 6.95. The molecule has 0 aromatic heterocycles. The van der Waals surface area contributed by atoms with Crippen LogP contribution in [0.5, 0.6) is 0 Å². The molecular formula is C19H18ClFN4O4. The van der Waals surface area contributed by atoms with Crippen LogP contribution >= 0.6 is 11.6 Å². The molecule has 8 nitrogen and oxygen atoms in total. The van der Waals surface area contributed by atoms with Crippen molar-refractivity contribution in [3.8, 4) is 0 Å². The predicted molar refractivity (Wildman–Crippen MR) is 105 cm³/mol. The normalized spacial score (nSPS) is 14.5. The van der Waals surface area contributed by atoms with E-state index in [9.17, 15) is 24.1 Å². The topological polar surface area (TPSA) is 95.8 Å². The van der Waals surface area contributed by atoms with Gasteiger partial charge in [-0.1, -0.05) is 11.6 Å². The lowest BCUT2D eigenvalue weighted by molar-refractivity contribution is -0.384. The van der Waals surface area contributed by atoms with Gasteiger partial charge in [0, 0.05) is 44.0 Å². The van der Waals surface area contributed by atoms with E-state index in [0.717, 1.165) is 0 Å². The van der Waals surface area contributed by atoms with Crippen molar-refractivity contribution in [2.45, 2.75) is 0 Å². The third kappa shape index (κ3) is 5.27. The van der Waals surface area contributed by atoms with Crippen molar-refractivity contribution in [2.24, 2.45) is 0 Å². The first kappa shape index (κ1) is 20.7. The van der Waals surface area contributed by atoms with Crippen LogP contribution in [0.25, 0.3) is 0 Å². The summed E-state index contributed by atoms with van der Waals surface area (Å²) in [6.45, 7) is 1.80. The molecule has 1 saturated heterocycles. The van der Waals surface area contributed by atoms with Crippen molar-refractivity contribution < 1.29 is 18.9 Å². The summed E-state index contributed by atoms with van der Waals surface area (Å²) >= 11 is 6.04. The van der Waals surface area contributed by atoms with Crippen molar-refractivity contribution in [1.29, 1.82) is 0 Å². The number of carbonyl (C=O) groups is 2. The average molecular weight is 421 g/mol. The SMILES string of the molecule is O=C(CN1CCN(C(=O)c2cc([N+](=O)[O-])ccc2Cl)CC1)Nc1ccc(F)cc1. The summed E-state index contributed by atoms with van der Waals surface area (Å²) in [7, 11) is 0. The van der Waals surface area contributed by atoms with Gasteiger partial charge >= 0.3 is 0 Å². The molecule has 0 unspecified atom stereocenters. The van der Waals surface area contributed by atoms with Crippen molar-refractivity contribution in [1.82, 2.24) is 9.80 Å². The monoisotopic (exact) mass is 420 g/mol. The van der Waals surface area contributed by atoms with Crippen LogP contribution in [0.2, 0.25) is 5.02 Å².